The van der Waals surface area contributed by atoms with E-state index in [4.69, 9.17) is 9.47 Å². The van der Waals surface area contributed by atoms with Crippen LogP contribution in [0.3, 0.4) is 0 Å². The SMILES string of the molecule is COc1cc(Br)cc(C)c1NC1CCCCC1OC. The van der Waals surface area contributed by atoms with Gasteiger partial charge in [-0.1, -0.05) is 28.8 Å². The van der Waals surface area contributed by atoms with Crippen LogP contribution in [-0.4, -0.2) is 26.4 Å². The number of ether oxygens (including phenoxy) is 2. The molecule has 19 heavy (non-hydrogen) atoms. The molecule has 3 nitrogen and oxygen atoms in total. The molecule has 1 fully saturated rings. The molecule has 2 atom stereocenters. The second-order valence-electron chi connectivity index (χ2n) is 5.11. The smallest absolute Gasteiger partial charge is 0.143 e. The molecule has 2 rings (SSSR count). The summed E-state index contributed by atoms with van der Waals surface area (Å²) in [7, 11) is 3.51. The van der Waals surface area contributed by atoms with Crippen molar-refractivity contribution in [1.82, 2.24) is 0 Å². The maximum absolute atomic E-state index is 5.60. The summed E-state index contributed by atoms with van der Waals surface area (Å²) in [5.41, 5.74) is 2.27. The van der Waals surface area contributed by atoms with Crippen LogP contribution in [-0.2, 0) is 4.74 Å². The average molecular weight is 328 g/mol. The molecule has 0 amide bonds. The van der Waals surface area contributed by atoms with Crippen molar-refractivity contribution in [3.05, 3.63) is 22.2 Å². The van der Waals surface area contributed by atoms with E-state index in [2.05, 4.69) is 34.2 Å². The van der Waals surface area contributed by atoms with Gasteiger partial charge in [0.2, 0.25) is 0 Å². The molecule has 2 unspecified atom stereocenters. The monoisotopic (exact) mass is 327 g/mol. The lowest BCUT2D eigenvalue weighted by Gasteiger charge is -2.32. The average Bonchev–Trinajstić information content (AvgIpc) is 2.42. The van der Waals surface area contributed by atoms with Gasteiger partial charge in [-0.25, -0.2) is 0 Å². The lowest BCUT2D eigenvalue weighted by molar-refractivity contribution is 0.0605. The molecule has 1 aliphatic rings. The molecule has 0 bridgehead atoms. The first kappa shape index (κ1) is 14.7. The Morgan fingerprint density at radius 2 is 1.95 bits per heavy atom. The fraction of sp³-hybridized carbons (Fsp3) is 0.600. The van der Waals surface area contributed by atoms with Crippen LogP contribution in [0.2, 0.25) is 0 Å². The number of halogens is 1. The quantitative estimate of drug-likeness (QED) is 0.901. The van der Waals surface area contributed by atoms with Crippen LogP contribution in [0.25, 0.3) is 0 Å². The number of hydrogen-bond donors (Lipinski definition) is 1. The number of anilines is 1. The second kappa shape index (κ2) is 6.62. The lowest BCUT2D eigenvalue weighted by atomic mass is 9.92. The Morgan fingerprint density at radius 1 is 1.21 bits per heavy atom. The molecule has 0 heterocycles. The molecule has 106 valence electrons. The van der Waals surface area contributed by atoms with Gasteiger partial charge in [-0.15, -0.1) is 0 Å². The van der Waals surface area contributed by atoms with Crippen molar-refractivity contribution in [3.8, 4) is 5.75 Å². The Morgan fingerprint density at radius 3 is 2.63 bits per heavy atom. The first-order valence-electron chi connectivity index (χ1n) is 6.79. The van der Waals surface area contributed by atoms with Gasteiger partial charge in [0, 0.05) is 11.6 Å². The molecule has 4 heteroatoms. The normalized spacial score (nSPS) is 23.2. The van der Waals surface area contributed by atoms with E-state index in [-0.39, 0.29) is 0 Å². The zero-order valence-corrected chi connectivity index (χ0v) is 13.4. The number of rotatable bonds is 4. The predicted molar refractivity (Wildman–Crippen MR) is 82.1 cm³/mol. The summed E-state index contributed by atoms with van der Waals surface area (Å²) >= 11 is 3.51. The van der Waals surface area contributed by atoms with E-state index in [9.17, 15) is 0 Å². The zero-order valence-electron chi connectivity index (χ0n) is 11.8. The van der Waals surface area contributed by atoms with Gasteiger partial charge in [0.05, 0.1) is 24.9 Å². The van der Waals surface area contributed by atoms with Gasteiger partial charge in [-0.3, -0.25) is 0 Å². The molecule has 1 saturated carbocycles. The number of methoxy groups -OCH3 is 2. The van der Waals surface area contributed by atoms with Crippen LogP contribution in [0.4, 0.5) is 5.69 Å². The van der Waals surface area contributed by atoms with E-state index in [1.807, 2.05) is 6.07 Å². The topological polar surface area (TPSA) is 30.5 Å². The van der Waals surface area contributed by atoms with Crippen LogP contribution in [0.1, 0.15) is 31.2 Å². The van der Waals surface area contributed by atoms with Crippen LogP contribution in [0.5, 0.6) is 5.75 Å². The Hall–Kier alpha value is -0.740. The van der Waals surface area contributed by atoms with Gasteiger partial charge in [0.25, 0.3) is 0 Å². The fourth-order valence-corrected chi connectivity index (χ4v) is 3.34. The molecule has 0 aromatic heterocycles. The molecular formula is C15H22BrNO2. The third-order valence-electron chi connectivity index (χ3n) is 3.82. The van der Waals surface area contributed by atoms with Crippen LogP contribution in [0, 0.1) is 6.92 Å². The highest BCUT2D eigenvalue weighted by Crippen LogP contribution is 2.34. The maximum atomic E-state index is 5.60. The van der Waals surface area contributed by atoms with Crippen LogP contribution >= 0.6 is 15.9 Å². The van der Waals surface area contributed by atoms with E-state index in [1.54, 1.807) is 14.2 Å². The fourth-order valence-electron chi connectivity index (χ4n) is 2.79. The summed E-state index contributed by atoms with van der Waals surface area (Å²) in [4.78, 5) is 0. The molecule has 0 saturated heterocycles. The van der Waals surface area contributed by atoms with Crippen molar-refractivity contribution < 1.29 is 9.47 Å². The molecule has 1 aliphatic carbocycles. The van der Waals surface area contributed by atoms with Gasteiger partial charge in [0.1, 0.15) is 5.75 Å². The van der Waals surface area contributed by atoms with E-state index >= 15 is 0 Å². The summed E-state index contributed by atoms with van der Waals surface area (Å²) in [5.74, 6) is 0.882. The summed E-state index contributed by atoms with van der Waals surface area (Å²) in [6.07, 6.45) is 5.09. The van der Waals surface area contributed by atoms with Crippen LogP contribution < -0.4 is 10.1 Å². The van der Waals surface area contributed by atoms with E-state index < -0.39 is 0 Å². The largest absolute Gasteiger partial charge is 0.495 e. The Labute approximate surface area is 123 Å². The van der Waals surface area contributed by atoms with Crippen molar-refractivity contribution >= 4 is 21.6 Å². The standard InChI is InChI=1S/C15H22BrNO2/c1-10-8-11(16)9-14(19-3)15(10)17-12-6-4-5-7-13(12)18-2/h8-9,12-13,17H,4-7H2,1-3H3. The Kier molecular flexibility index (Phi) is 5.11. The van der Waals surface area contributed by atoms with Gasteiger partial charge in [-0.05, 0) is 37.5 Å². The van der Waals surface area contributed by atoms with Gasteiger partial charge in [0.15, 0.2) is 0 Å². The van der Waals surface area contributed by atoms with Crippen LogP contribution in [0.15, 0.2) is 16.6 Å². The Bertz CT molecular complexity index is 436. The first-order chi connectivity index (χ1) is 9.15. The second-order valence-corrected chi connectivity index (χ2v) is 6.03. The van der Waals surface area contributed by atoms with Crippen molar-refractivity contribution in [1.29, 1.82) is 0 Å². The van der Waals surface area contributed by atoms with Gasteiger partial charge >= 0.3 is 0 Å². The number of nitrogens with one attached hydrogen (secondary N) is 1. The Balaban J connectivity index is 2.22. The molecule has 0 spiro atoms. The molecular weight excluding hydrogens is 306 g/mol. The van der Waals surface area contributed by atoms with Crippen molar-refractivity contribution in [2.75, 3.05) is 19.5 Å². The number of hydrogen-bond acceptors (Lipinski definition) is 3. The van der Waals surface area contributed by atoms with Gasteiger partial charge < -0.3 is 14.8 Å². The number of benzene rings is 1. The van der Waals surface area contributed by atoms with Crippen molar-refractivity contribution in [2.24, 2.45) is 0 Å². The van der Waals surface area contributed by atoms with E-state index in [0.29, 0.717) is 12.1 Å². The van der Waals surface area contributed by atoms with E-state index in [0.717, 1.165) is 28.8 Å². The predicted octanol–water partition coefficient (Wildman–Crippen LogP) is 4.14. The van der Waals surface area contributed by atoms with Crippen molar-refractivity contribution in [2.45, 2.75) is 44.8 Å². The third-order valence-corrected chi connectivity index (χ3v) is 4.28. The zero-order chi connectivity index (χ0) is 13.8. The highest BCUT2D eigenvalue weighted by molar-refractivity contribution is 9.10. The van der Waals surface area contributed by atoms with Crippen molar-refractivity contribution in [3.63, 3.8) is 0 Å². The molecule has 1 aromatic rings. The first-order valence-corrected chi connectivity index (χ1v) is 7.58. The summed E-state index contributed by atoms with van der Waals surface area (Å²) < 4.78 is 12.1. The maximum Gasteiger partial charge on any atom is 0.143 e. The molecule has 1 aromatic carbocycles. The molecule has 0 radical (unpaired) electrons. The third kappa shape index (κ3) is 3.42. The van der Waals surface area contributed by atoms with E-state index in [1.165, 1.54) is 18.4 Å². The van der Waals surface area contributed by atoms with Gasteiger partial charge in [-0.2, -0.15) is 0 Å². The molecule has 0 aliphatic heterocycles. The highest BCUT2D eigenvalue weighted by atomic mass is 79.9. The minimum absolute atomic E-state index is 0.293. The molecule has 1 N–H and O–H groups in total. The minimum atomic E-state index is 0.293. The lowest BCUT2D eigenvalue weighted by Crippen LogP contribution is -2.38. The summed E-state index contributed by atoms with van der Waals surface area (Å²) in [5, 5.41) is 3.63. The number of aryl methyl sites for hydroxylation is 1. The summed E-state index contributed by atoms with van der Waals surface area (Å²) in [6.45, 7) is 2.10. The minimum Gasteiger partial charge on any atom is -0.495 e. The highest BCUT2D eigenvalue weighted by Gasteiger charge is 2.26. The summed E-state index contributed by atoms with van der Waals surface area (Å²) in [6, 6.07) is 4.47.